The summed E-state index contributed by atoms with van der Waals surface area (Å²) in [7, 11) is 0. The Morgan fingerprint density at radius 3 is 2.54 bits per heavy atom. The molecule has 6 nitrogen and oxygen atoms in total. The van der Waals surface area contributed by atoms with Gasteiger partial charge in [-0.2, -0.15) is 0 Å². The molecule has 0 bridgehead atoms. The molecule has 1 aliphatic rings. The summed E-state index contributed by atoms with van der Waals surface area (Å²) in [5.41, 5.74) is 2.34. The van der Waals surface area contributed by atoms with Crippen molar-refractivity contribution in [2.75, 3.05) is 35.2 Å². The number of anilines is 3. The molecule has 1 aromatic heterocycles. The lowest BCUT2D eigenvalue weighted by atomic mass is 10.1. The number of carbonyl (C=O) groups excluding carboxylic acids is 1. The van der Waals surface area contributed by atoms with Crippen LogP contribution in [-0.4, -0.2) is 35.5 Å². The lowest BCUT2D eigenvalue weighted by Gasteiger charge is -2.28. The number of amides is 1. The van der Waals surface area contributed by atoms with Crippen LogP contribution in [-0.2, 0) is 0 Å². The van der Waals surface area contributed by atoms with Crippen molar-refractivity contribution in [1.82, 2.24) is 9.97 Å². The van der Waals surface area contributed by atoms with Crippen LogP contribution in [0.25, 0.3) is 0 Å². The molecule has 1 aromatic carbocycles. The van der Waals surface area contributed by atoms with Gasteiger partial charge in [-0.1, -0.05) is 13.8 Å². The summed E-state index contributed by atoms with van der Waals surface area (Å²) in [5, 5.41) is 6.12. The number of benzene rings is 1. The largest absolute Gasteiger partial charge is 0.372 e. The van der Waals surface area contributed by atoms with Crippen LogP contribution >= 0.6 is 0 Å². The number of nitrogens with one attached hydrogen (secondary N) is 2. The Balaban J connectivity index is 1.61. The highest BCUT2D eigenvalue weighted by molar-refractivity contribution is 6.03. The molecule has 3 rings (SSSR count). The number of carbonyl (C=O) groups is 1. The first kappa shape index (κ1) is 18.2. The average molecular weight is 353 g/mol. The number of nitrogens with zero attached hydrogens (tertiary/aromatic N) is 3. The predicted molar refractivity (Wildman–Crippen MR) is 106 cm³/mol. The average Bonchev–Trinajstić information content (AvgIpc) is 2.68. The molecule has 1 fully saturated rings. The maximum atomic E-state index is 12.5. The Bertz CT molecular complexity index is 723. The second kappa shape index (κ2) is 8.65. The van der Waals surface area contributed by atoms with Crippen molar-refractivity contribution in [3.63, 3.8) is 0 Å². The maximum Gasteiger partial charge on any atom is 0.274 e. The van der Waals surface area contributed by atoms with Crippen LogP contribution in [0.15, 0.2) is 36.7 Å². The van der Waals surface area contributed by atoms with Gasteiger partial charge in [0.25, 0.3) is 5.91 Å². The molecule has 26 heavy (non-hydrogen) atoms. The zero-order chi connectivity index (χ0) is 18.4. The van der Waals surface area contributed by atoms with E-state index in [2.05, 4.69) is 51.5 Å². The number of hydrogen-bond acceptors (Lipinski definition) is 5. The van der Waals surface area contributed by atoms with Crippen molar-refractivity contribution in [3.05, 3.63) is 42.4 Å². The first-order valence-electron chi connectivity index (χ1n) is 9.34. The first-order valence-corrected chi connectivity index (χ1v) is 9.34. The van der Waals surface area contributed by atoms with Gasteiger partial charge in [0, 0.05) is 37.1 Å². The normalized spacial score (nSPS) is 14.3. The third kappa shape index (κ3) is 4.94. The summed E-state index contributed by atoms with van der Waals surface area (Å²) in [4.78, 5) is 23.1. The Hall–Kier alpha value is -2.63. The molecule has 0 spiro atoms. The highest BCUT2D eigenvalue weighted by Crippen LogP contribution is 2.22. The molecular weight excluding hydrogens is 326 g/mol. The fraction of sp³-hybridized carbons (Fsp3) is 0.450. The fourth-order valence-corrected chi connectivity index (χ4v) is 2.99. The lowest BCUT2D eigenvalue weighted by Crippen LogP contribution is -2.29. The molecule has 0 atom stereocenters. The van der Waals surface area contributed by atoms with E-state index >= 15 is 0 Å². The minimum absolute atomic E-state index is 0.231. The molecule has 138 valence electrons. The Morgan fingerprint density at radius 1 is 1.12 bits per heavy atom. The third-order valence-corrected chi connectivity index (χ3v) is 4.44. The number of aromatic nitrogens is 2. The minimum atomic E-state index is -0.231. The molecular formula is C20H27N5O. The van der Waals surface area contributed by atoms with Crippen LogP contribution in [0, 0.1) is 5.92 Å². The van der Waals surface area contributed by atoms with E-state index in [9.17, 15) is 4.79 Å². The predicted octanol–water partition coefficient (Wildman–Crippen LogP) is 3.79. The Kier molecular flexibility index (Phi) is 6.04. The minimum Gasteiger partial charge on any atom is -0.372 e. The van der Waals surface area contributed by atoms with Crippen molar-refractivity contribution >= 4 is 23.1 Å². The topological polar surface area (TPSA) is 70.2 Å². The summed E-state index contributed by atoms with van der Waals surface area (Å²) in [6.45, 7) is 7.26. The molecule has 0 radical (unpaired) electrons. The van der Waals surface area contributed by atoms with Crippen LogP contribution in [0.4, 0.5) is 17.2 Å². The standard InChI is InChI=1S/C20H27N5O/c1-15(2)13-21-19-12-18(22-14-23-19)20(26)24-16-6-8-17(9-7-16)25-10-4-3-5-11-25/h6-9,12,14-15H,3-5,10-11,13H2,1-2H3,(H,24,26)(H,21,22,23). The van der Waals surface area contributed by atoms with E-state index < -0.39 is 0 Å². The summed E-state index contributed by atoms with van der Waals surface area (Å²) < 4.78 is 0. The lowest BCUT2D eigenvalue weighted by molar-refractivity contribution is 0.102. The summed E-state index contributed by atoms with van der Waals surface area (Å²) >= 11 is 0. The molecule has 0 unspecified atom stereocenters. The molecule has 2 aromatic rings. The third-order valence-electron chi connectivity index (χ3n) is 4.44. The van der Waals surface area contributed by atoms with E-state index in [-0.39, 0.29) is 5.91 Å². The smallest absolute Gasteiger partial charge is 0.274 e. The van der Waals surface area contributed by atoms with Gasteiger partial charge in [-0.3, -0.25) is 4.79 Å². The van der Waals surface area contributed by atoms with Crippen molar-refractivity contribution in [2.24, 2.45) is 5.92 Å². The highest BCUT2D eigenvalue weighted by atomic mass is 16.1. The van der Waals surface area contributed by atoms with Gasteiger partial charge in [0.2, 0.25) is 0 Å². The van der Waals surface area contributed by atoms with Crippen molar-refractivity contribution < 1.29 is 4.79 Å². The van der Waals surface area contributed by atoms with Crippen molar-refractivity contribution in [2.45, 2.75) is 33.1 Å². The van der Waals surface area contributed by atoms with E-state index in [1.165, 1.54) is 31.3 Å². The maximum absolute atomic E-state index is 12.5. The van der Waals surface area contributed by atoms with Gasteiger partial charge in [0.1, 0.15) is 17.8 Å². The zero-order valence-corrected chi connectivity index (χ0v) is 15.5. The van der Waals surface area contributed by atoms with Crippen LogP contribution in [0.2, 0.25) is 0 Å². The van der Waals surface area contributed by atoms with Gasteiger partial charge < -0.3 is 15.5 Å². The van der Waals surface area contributed by atoms with Crippen molar-refractivity contribution in [3.8, 4) is 0 Å². The van der Waals surface area contributed by atoms with Gasteiger partial charge in [0.05, 0.1) is 0 Å². The second-order valence-electron chi connectivity index (χ2n) is 7.11. The molecule has 0 aliphatic carbocycles. The molecule has 1 saturated heterocycles. The van der Waals surface area contributed by atoms with Crippen molar-refractivity contribution in [1.29, 1.82) is 0 Å². The van der Waals surface area contributed by atoms with Crippen LogP contribution in [0.3, 0.4) is 0 Å². The summed E-state index contributed by atoms with van der Waals surface area (Å²) in [6, 6.07) is 9.70. The summed E-state index contributed by atoms with van der Waals surface area (Å²) in [6.07, 6.45) is 5.23. The van der Waals surface area contributed by atoms with E-state index in [4.69, 9.17) is 0 Å². The van der Waals surface area contributed by atoms with Gasteiger partial charge in [-0.25, -0.2) is 9.97 Å². The van der Waals surface area contributed by atoms with Gasteiger partial charge in [-0.05, 0) is 49.4 Å². The van der Waals surface area contributed by atoms with Crippen LogP contribution in [0.1, 0.15) is 43.6 Å². The van der Waals surface area contributed by atoms with E-state index in [0.717, 1.165) is 25.3 Å². The highest BCUT2D eigenvalue weighted by Gasteiger charge is 2.12. The first-order chi connectivity index (χ1) is 12.6. The molecule has 2 heterocycles. The Morgan fingerprint density at radius 2 is 1.85 bits per heavy atom. The van der Waals surface area contributed by atoms with E-state index in [0.29, 0.717) is 17.4 Å². The monoisotopic (exact) mass is 353 g/mol. The molecule has 1 amide bonds. The Labute approximate surface area is 155 Å². The second-order valence-corrected chi connectivity index (χ2v) is 7.11. The summed E-state index contributed by atoms with van der Waals surface area (Å²) in [5.74, 6) is 0.936. The molecule has 2 N–H and O–H groups in total. The van der Waals surface area contributed by atoms with Gasteiger partial charge in [-0.15, -0.1) is 0 Å². The van der Waals surface area contributed by atoms with Gasteiger partial charge >= 0.3 is 0 Å². The van der Waals surface area contributed by atoms with Gasteiger partial charge in [0.15, 0.2) is 0 Å². The van der Waals surface area contributed by atoms with E-state index in [1.54, 1.807) is 6.07 Å². The number of hydrogen-bond donors (Lipinski definition) is 2. The molecule has 6 heteroatoms. The van der Waals surface area contributed by atoms with Crippen LogP contribution in [0.5, 0.6) is 0 Å². The van der Waals surface area contributed by atoms with E-state index in [1.807, 2.05) is 12.1 Å². The molecule has 1 aliphatic heterocycles. The SMILES string of the molecule is CC(C)CNc1cc(C(=O)Nc2ccc(N3CCCCC3)cc2)ncn1. The quantitative estimate of drug-likeness (QED) is 0.827. The number of rotatable bonds is 6. The number of piperidine rings is 1. The fourth-order valence-electron chi connectivity index (χ4n) is 2.99. The van der Waals surface area contributed by atoms with Crippen LogP contribution < -0.4 is 15.5 Å². The zero-order valence-electron chi connectivity index (χ0n) is 15.5. The molecule has 0 saturated carbocycles.